The van der Waals surface area contributed by atoms with Gasteiger partial charge in [-0.2, -0.15) is 0 Å². The Morgan fingerprint density at radius 1 is 0.933 bits per heavy atom. The predicted molar refractivity (Wildman–Crippen MR) is 117 cm³/mol. The van der Waals surface area contributed by atoms with Crippen LogP contribution in [0.2, 0.25) is 0 Å². The van der Waals surface area contributed by atoms with Gasteiger partial charge in [-0.3, -0.25) is 0 Å². The van der Waals surface area contributed by atoms with Crippen molar-refractivity contribution in [2.45, 2.75) is 36.1 Å². The molecule has 156 valence electrons. The van der Waals surface area contributed by atoms with Crippen LogP contribution < -0.4 is 5.73 Å². The zero-order valence-electron chi connectivity index (χ0n) is 17.0. The second kappa shape index (κ2) is 9.24. The fourth-order valence-electron chi connectivity index (χ4n) is 3.18. The van der Waals surface area contributed by atoms with Crippen LogP contribution in [0.1, 0.15) is 29.8 Å². The third-order valence-electron chi connectivity index (χ3n) is 4.66. The summed E-state index contributed by atoms with van der Waals surface area (Å²) in [4.78, 5) is 12.4. The Kier molecular flexibility index (Phi) is 6.70. The molecule has 0 unspecified atom stereocenters. The molecule has 0 aromatic heterocycles. The fraction of sp³-hybridized carbons (Fsp3) is 0.208. The second-order valence-electron chi connectivity index (χ2n) is 7.15. The van der Waals surface area contributed by atoms with E-state index in [9.17, 15) is 13.2 Å². The minimum atomic E-state index is -3.62. The van der Waals surface area contributed by atoms with Gasteiger partial charge in [-0.15, -0.1) is 0 Å². The summed E-state index contributed by atoms with van der Waals surface area (Å²) in [6.07, 6.45) is 0.694. The average molecular weight is 424 g/mol. The van der Waals surface area contributed by atoms with Gasteiger partial charge in [0.25, 0.3) is 0 Å². The highest BCUT2D eigenvalue weighted by Gasteiger charge is 2.18. The molecule has 0 aliphatic rings. The number of sulfone groups is 1. The number of carbonyl (C=O) groups excluding carboxylic acids is 1. The molecule has 3 aromatic rings. The molecule has 0 spiro atoms. The summed E-state index contributed by atoms with van der Waals surface area (Å²) in [5.74, 6) is -0.383. The number of benzene rings is 3. The number of ether oxygens (including phenoxy) is 1. The lowest BCUT2D eigenvalue weighted by Crippen LogP contribution is -2.17. The number of nitrogens with two attached hydrogens (primary N) is 1. The average Bonchev–Trinajstić information content (AvgIpc) is 2.74. The normalized spacial score (nSPS) is 12.4. The smallest absolute Gasteiger partial charge is 0.338 e. The van der Waals surface area contributed by atoms with Crippen molar-refractivity contribution < 1.29 is 17.9 Å². The van der Waals surface area contributed by atoms with E-state index in [1.807, 2.05) is 13.0 Å². The summed E-state index contributed by atoms with van der Waals surface area (Å²) in [7, 11) is -3.62. The Labute approximate surface area is 177 Å². The van der Waals surface area contributed by atoms with E-state index >= 15 is 0 Å². The lowest BCUT2D eigenvalue weighted by Gasteiger charge is -2.09. The van der Waals surface area contributed by atoms with Crippen molar-refractivity contribution in [3.05, 3.63) is 83.9 Å². The highest BCUT2D eigenvalue weighted by Crippen LogP contribution is 2.26. The van der Waals surface area contributed by atoms with Gasteiger partial charge in [0, 0.05) is 6.04 Å². The Morgan fingerprint density at radius 2 is 1.53 bits per heavy atom. The van der Waals surface area contributed by atoms with E-state index in [1.165, 1.54) is 0 Å². The molecule has 0 saturated heterocycles. The van der Waals surface area contributed by atoms with Gasteiger partial charge in [0.1, 0.15) is 0 Å². The van der Waals surface area contributed by atoms with Crippen LogP contribution in [0, 0.1) is 0 Å². The van der Waals surface area contributed by atoms with E-state index in [1.54, 1.807) is 73.7 Å². The van der Waals surface area contributed by atoms with E-state index in [-0.39, 0.29) is 21.8 Å². The first-order chi connectivity index (χ1) is 14.3. The standard InChI is InChI=1S/C24H25NO4S/c1-3-29-24(26)21-6-4-5-20(16-21)19-9-13-23(14-10-19)30(27,28)22-11-7-18(8-12-22)15-17(2)25/h4-14,16-17H,3,15,25H2,1-2H3/t17-/m1/s1. The molecule has 5 nitrogen and oxygen atoms in total. The number of esters is 1. The van der Waals surface area contributed by atoms with Gasteiger partial charge in [-0.1, -0.05) is 36.4 Å². The molecule has 0 radical (unpaired) electrons. The molecule has 0 saturated carbocycles. The van der Waals surface area contributed by atoms with Crippen molar-refractivity contribution in [3.8, 4) is 11.1 Å². The van der Waals surface area contributed by atoms with Crippen molar-refractivity contribution in [3.63, 3.8) is 0 Å². The molecule has 6 heteroatoms. The van der Waals surface area contributed by atoms with Crippen molar-refractivity contribution in [1.82, 2.24) is 0 Å². The van der Waals surface area contributed by atoms with E-state index in [0.717, 1.165) is 16.7 Å². The SMILES string of the molecule is CCOC(=O)c1cccc(-c2ccc(S(=O)(=O)c3ccc(C[C@@H](C)N)cc3)cc2)c1. The summed E-state index contributed by atoms with van der Waals surface area (Å²) >= 11 is 0. The fourth-order valence-corrected chi connectivity index (χ4v) is 4.44. The van der Waals surface area contributed by atoms with Gasteiger partial charge in [-0.05, 0) is 73.4 Å². The Balaban J connectivity index is 1.84. The molecule has 0 fully saturated rings. The minimum absolute atomic E-state index is 0.0160. The largest absolute Gasteiger partial charge is 0.462 e. The first-order valence-electron chi connectivity index (χ1n) is 9.78. The quantitative estimate of drug-likeness (QED) is 0.574. The first kappa shape index (κ1) is 21.7. The molecular formula is C24H25NO4S. The van der Waals surface area contributed by atoms with E-state index in [4.69, 9.17) is 10.5 Å². The van der Waals surface area contributed by atoms with Crippen molar-refractivity contribution in [1.29, 1.82) is 0 Å². The Bertz CT molecular complexity index is 1120. The molecule has 2 N–H and O–H groups in total. The summed E-state index contributed by atoms with van der Waals surface area (Å²) in [5.41, 5.74) is 8.88. The van der Waals surface area contributed by atoms with Gasteiger partial charge < -0.3 is 10.5 Å². The van der Waals surface area contributed by atoms with Crippen LogP contribution in [-0.2, 0) is 21.0 Å². The lowest BCUT2D eigenvalue weighted by molar-refractivity contribution is 0.0526. The number of rotatable bonds is 7. The number of hydrogen-bond donors (Lipinski definition) is 1. The molecule has 3 rings (SSSR count). The topological polar surface area (TPSA) is 86.5 Å². The van der Waals surface area contributed by atoms with Gasteiger partial charge in [0.15, 0.2) is 0 Å². The molecule has 30 heavy (non-hydrogen) atoms. The van der Waals surface area contributed by atoms with E-state index in [0.29, 0.717) is 18.6 Å². The van der Waals surface area contributed by atoms with Crippen LogP contribution in [0.4, 0.5) is 0 Å². The maximum absolute atomic E-state index is 12.9. The Morgan fingerprint density at radius 3 is 2.10 bits per heavy atom. The highest BCUT2D eigenvalue weighted by molar-refractivity contribution is 7.91. The maximum atomic E-state index is 12.9. The van der Waals surface area contributed by atoms with Gasteiger partial charge in [-0.25, -0.2) is 13.2 Å². The zero-order chi connectivity index (χ0) is 21.7. The van der Waals surface area contributed by atoms with Crippen LogP contribution in [0.25, 0.3) is 11.1 Å². The molecule has 0 amide bonds. The third kappa shape index (κ3) is 4.96. The molecule has 0 aliphatic heterocycles. The zero-order valence-corrected chi connectivity index (χ0v) is 17.9. The van der Waals surface area contributed by atoms with Crippen LogP contribution >= 0.6 is 0 Å². The summed E-state index contributed by atoms with van der Waals surface area (Å²) < 4.78 is 30.9. The molecule has 3 aromatic carbocycles. The Hall–Kier alpha value is -2.96. The second-order valence-corrected chi connectivity index (χ2v) is 9.10. The van der Waals surface area contributed by atoms with Crippen molar-refractivity contribution in [2.24, 2.45) is 5.73 Å². The van der Waals surface area contributed by atoms with Gasteiger partial charge in [0.05, 0.1) is 22.0 Å². The van der Waals surface area contributed by atoms with E-state index < -0.39 is 9.84 Å². The third-order valence-corrected chi connectivity index (χ3v) is 6.45. The molecule has 0 bridgehead atoms. The molecule has 0 aliphatic carbocycles. The number of hydrogen-bond acceptors (Lipinski definition) is 5. The molecule has 0 heterocycles. The first-order valence-corrected chi connectivity index (χ1v) is 11.3. The van der Waals surface area contributed by atoms with Gasteiger partial charge >= 0.3 is 5.97 Å². The van der Waals surface area contributed by atoms with Crippen LogP contribution in [0.15, 0.2) is 82.6 Å². The van der Waals surface area contributed by atoms with Gasteiger partial charge in [0.2, 0.25) is 9.84 Å². The van der Waals surface area contributed by atoms with Crippen LogP contribution in [-0.4, -0.2) is 27.0 Å². The summed E-state index contributed by atoms with van der Waals surface area (Å²) in [6.45, 7) is 3.98. The van der Waals surface area contributed by atoms with E-state index in [2.05, 4.69) is 0 Å². The van der Waals surface area contributed by atoms with Crippen molar-refractivity contribution >= 4 is 15.8 Å². The van der Waals surface area contributed by atoms with Crippen molar-refractivity contribution in [2.75, 3.05) is 6.61 Å². The summed E-state index contributed by atoms with van der Waals surface area (Å²) in [5, 5.41) is 0. The summed E-state index contributed by atoms with van der Waals surface area (Å²) in [6, 6.07) is 20.5. The lowest BCUT2D eigenvalue weighted by atomic mass is 10.0. The monoisotopic (exact) mass is 423 g/mol. The van der Waals surface area contributed by atoms with Crippen LogP contribution in [0.5, 0.6) is 0 Å². The number of carbonyl (C=O) groups is 1. The minimum Gasteiger partial charge on any atom is -0.462 e. The predicted octanol–water partition coefficient (Wildman–Crippen LogP) is 4.25. The highest BCUT2D eigenvalue weighted by atomic mass is 32.2. The maximum Gasteiger partial charge on any atom is 0.338 e. The molecule has 1 atom stereocenters. The van der Waals surface area contributed by atoms with Crippen LogP contribution in [0.3, 0.4) is 0 Å². The molecular weight excluding hydrogens is 398 g/mol.